The highest BCUT2D eigenvalue weighted by molar-refractivity contribution is 5.76. The molecule has 1 aliphatic rings. The molecule has 0 saturated carbocycles. The number of benzene rings is 1. The third-order valence-electron chi connectivity index (χ3n) is 5.04. The minimum Gasteiger partial charge on any atom is -0.369 e. The highest BCUT2D eigenvalue weighted by Crippen LogP contribution is 2.17. The summed E-state index contributed by atoms with van der Waals surface area (Å²) in [5.41, 5.74) is 2.32. The maximum atomic E-state index is 12.0. The molecule has 8 heteroatoms. The number of nitrogens with one attached hydrogen (secondary N) is 2. The van der Waals surface area contributed by atoms with Crippen molar-refractivity contribution in [3.8, 4) is 0 Å². The number of H-pyrrole nitrogens is 1. The first-order chi connectivity index (χ1) is 13.0. The minimum atomic E-state index is -0.235. The van der Waals surface area contributed by atoms with Crippen LogP contribution in [0.3, 0.4) is 0 Å². The molecule has 1 fully saturated rings. The number of anilines is 1. The lowest BCUT2D eigenvalue weighted by atomic mass is 10.2. The van der Waals surface area contributed by atoms with Crippen molar-refractivity contribution in [2.75, 3.05) is 44.2 Å². The molecule has 8 nitrogen and oxygen atoms in total. The van der Waals surface area contributed by atoms with Crippen LogP contribution in [0.2, 0.25) is 0 Å². The van der Waals surface area contributed by atoms with Gasteiger partial charge in [-0.2, -0.15) is 5.10 Å². The number of amides is 1. The van der Waals surface area contributed by atoms with Crippen LogP contribution in [-0.2, 0) is 18.3 Å². The Morgan fingerprint density at radius 1 is 1.26 bits per heavy atom. The molecule has 3 rings (SSSR count). The topological polar surface area (TPSA) is 86.3 Å². The van der Waals surface area contributed by atoms with E-state index in [2.05, 4.69) is 56.5 Å². The van der Waals surface area contributed by atoms with E-state index in [0.29, 0.717) is 25.2 Å². The van der Waals surface area contributed by atoms with E-state index in [1.54, 1.807) is 7.05 Å². The fraction of sp³-hybridized carbons (Fsp3) is 0.526. The van der Waals surface area contributed by atoms with Crippen LogP contribution in [0.5, 0.6) is 0 Å². The number of aromatic amines is 1. The zero-order valence-corrected chi connectivity index (χ0v) is 16.1. The number of hydrogen-bond acceptors (Lipinski definition) is 5. The average Bonchev–Trinajstić information content (AvgIpc) is 2.99. The van der Waals surface area contributed by atoms with Crippen molar-refractivity contribution < 1.29 is 4.79 Å². The molecule has 1 aromatic heterocycles. The first-order valence-electron chi connectivity index (χ1n) is 9.44. The van der Waals surface area contributed by atoms with Gasteiger partial charge >= 0.3 is 5.69 Å². The summed E-state index contributed by atoms with van der Waals surface area (Å²) in [6.45, 7) is 7.28. The van der Waals surface area contributed by atoms with Crippen molar-refractivity contribution in [3.05, 3.63) is 46.1 Å². The van der Waals surface area contributed by atoms with Crippen molar-refractivity contribution in [1.29, 1.82) is 0 Å². The predicted molar refractivity (Wildman–Crippen MR) is 105 cm³/mol. The zero-order valence-electron chi connectivity index (χ0n) is 16.1. The lowest BCUT2D eigenvalue weighted by Crippen LogP contribution is -2.47. The largest absolute Gasteiger partial charge is 0.369 e. The molecular formula is C19H28N6O2. The quantitative estimate of drug-likeness (QED) is 0.730. The molecule has 0 radical (unpaired) electrons. The smallest absolute Gasteiger partial charge is 0.343 e. The Hall–Kier alpha value is -2.61. The molecular weight excluding hydrogens is 344 g/mol. The van der Waals surface area contributed by atoms with E-state index in [9.17, 15) is 9.59 Å². The van der Waals surface area contributed by atoms with Gasteiger partial charge in [0.1, 0.15) is 5.82 Å². The number of carbonyl (C=O) groups is 1. The lowest BCUT2D eigenvalue weighted by molar-refractivity contribution is -0.121. The molecule has 1 aromatic carbocycles. The molecule has 0 spiro atoms. The molecule has 1 saturated heterocycles. The van der Waals surface area contributed by atoms with Crippen LogP contribution in [0.15, 0.2) is 29.1 Å². The molecule has 2 heterocycles. The van der Waals surface area contributed by atoms with Gasteiger partial charge in [0, 0.05) is 64.8 Å². The summed E-state index contributed by atoms with van der Waals surface area (Å²) in [6, 6.07) is 8.59. The molecule has 2 N–H and O–H groups in total. The third kappa shape index (κ3) is 5.19. The van der Waals surface area contributed by atoms with Crippen LogP contribution in [0.1, 0.15) is 17.8 Å². The second-order valence-corrected chi connectivity index (χ2v) is 7.02. The van der Waals surface area contributed by atoms with E-state index in [1.807, 2.05) is 0 Å². The number of hydrogen-bond donors (Lipinski definition) is 2. The first kappa shape index (κ1) is 19.2. The van der Waals surface area contributed by atoms with Crippen molar-refractivity contribution in [1.82, 2.24) is 25.0 Å². The monoisotopic (exact) mass is 372 g/mol. The molecule has 0 aliphatic carbocycles. The maximum Gasteiger partial charge on any atom is 0.343 e. The summed E-state index contributed by atoms with van der Waals surface area (Å²) in [7, 11) is 1.67. The van der Waals surface area contributed by atoms with Gasteiger partial charge < -0.3 is 10.2 Å². The summed E-state index contributed by atoms with van der Waals surface area (Å²) >= 11 is 0. The van der Waals surface area contributed by atoms with Crippen LogP contribution in [-0.4, -0.2) is 64.8 Å². The Bertz CT molecular complexity index is 820. The highest BCUT2D eigenvalue weighted by atomic mass is 16.2. The van der Waals surface area contributed by atoms with E-state index in [4.69, 9.17) is 0 Å². The molecule has 0 unspecified atom stereocenters. The van der Waals surface area contributed by atoms with Gasteiger partial charge in [0.05, 0.1) is 0 Å². The molecule has 27 heavy (non-hydrogen) atoms. The van der Waals surface area contributed by atoms with Gasteiger partial charge in [-0.15, -0.1) is 0 Å². The zero-order chi connectivity index (χ0) is 19.2. The number of carbonyl (C=O) groups excluding carboxylic acids is 1. The van der Waals surface area contributed by atoms with Gasteiger partial charge in [0.2, 0.25) is 5.91 Å². The molecule has 146 valence electrons. The van der Waals surface area contributed by atoms with Gasteiger partial charge in [-0.3, -0.25) is 14.3 Å². The Labute approximate surface area is 159 Å². The first-order valence-corrected chi connectivity index (χ1v) is 9.44. The van der Waals surface area contributed by atoms with Gasteiger partial charge in [-0.25, -0.2) is 9.89 Å². The lowest BCUT2D eigenvalue weighted by Gasteiger charge is -2.36. The second-order valence-electron chi connectivity index (χ2n) is 7.02. The molecule has 0 atom stereocenters. The van der Waals surface area contributed by atoms with Gasteiger partial charge in [-0.05, 0) is 24.6 Å². The number of piperazine rings is 1. The maximum absolute atomic E-state index is 12.0. The predicted octanol–water partition coefficient (Wildman–Crippen LogP) is 0.288. The number of aromatic nitrogens is 3. The van der Waals surface area contributed by atoms with Crippen molar-refractivity contribution in [2.45, 2.75) is 19.8 Å². The Kier molecular flexibility index (Phi) is 6.28. The molecule has 1 aliphatic heterocycles. The van der Waals surface area contributed by atoms with Gasteiger partial charge in [-0.1, -0.05) is 12.1 Å². The summed E-state index contributed by atoms with van der Waals surface area (Å²) in [4.78, 5) is 28.1. The molecule has 1 amide bonds. The number of aryl methyl sites for hydroxylation is 1. The third-order valence-corrected chi connectivity index (χ3v) is 5.04. The SMILES string of the molecule is Cc1cccc(N2CCN(CCC(=O)NCCc3n[nH]c(=O)n3C)CC2)c1. The van der Waals surface area contributed by atoms with Crippen LogP contribution < -0.4 is 15.9 Å². The average molecular weight is 372 g/mol. The fourth-order valence-electron chi connectivity index (χ4n) is 3.32. The Morgan fingerprint density at radius 3 is 2.70 bits per heavy atom. The van der Waals surface area contributed by atoms with Crippen LogP contribution in [0.25, 0.3) is 0 Å². The Morgan fingerprint density at radius 2 is 2.04 bits per heavy atom. The van der Waals surface area contributed by atoms with Gasteiger partial charge in [0.15, 0.2) is 0 Å². The second kappa shape index (κ2) is 8.85. The number of rotatable bonds is 7. The summed E-state index contributed by atoms with van der Waals surface area (Å²) in [5, 5.41) is 9.23. The van der Waals surface area contributed by atoms with Crippen LogP contribution >= 0.6 is 0 Å². The van der Waals surface area contributed by atoms with E-state index >= 15 is 0 Å². The van der Waals surface area contributed by atoms with E-state index in [0.717, 1.165) is 32.7 Å². The summed E-state index contributed by atoms with van der Waals surface area (Å²) in [5.74, 6) is 0.684. The van der Waals surface area contributed by atoms with Crippen LogP contribution in [0.4, 0.5) is 5.69 Å². The van der Waals surface area contributed by atoms with Gasteiger partial charge in [0.25, 0.3) is 0 Å². The van der Waals surface area contributed by atoms with Crippen molar-refractivity contribution in [2.24, 2.45) is 7.05 Å². The van der Waals surface area contributed by atoms with E-state index in [1.165, 1.54) is 15.8 Å². The number of nitrogens with zero attached hydrogens (tertiary/aromatic N) is 4. The van der Waals surface area contributed by atoms with E-state index in [-0.39, 0.29) is 11.6 Å². The van der Waals surface area contributed by atoms with Crippen LogP contribution in [0, 0.1) is 6.92 Å². The van der Waals surface area contributed by atoms with Crippen molar-refractivity contribution in [3.63, 3.8) is 0 Å². The molecule has 2 aromatic rings. The molecule has 0 bridgehead atoms. The summed E-state index contributed by atoms with van der Waals surface area (Å²) < 4.78 is 1.46. The fourth-order valence-corrected chi connectivity index (χ4v) is 3.32. The standard InChI is InChI=1S/C19H28N6O2/c1-15-4-3-5-16(14-15)25-12-10-24(11-13-25)9-7-18(26)20-8-6-17-21-22-19(27)23(17)2/h3-5,14H,6-13H2,1-2H3,(H,20,26)(H,22,27). The normalized spacial score (nSPS) is 15.1. The van der Waals surface area contributed by atoms with E-state index < -0.39 is 0 Å². The minimum absolute atomic E-state index is 0.0386. The highest BCUT2D eigenvalue weighted by Gasteiger charge is 2.17. The Balaban J connectivity index is 1.34. The van der Waals surface area contributed by atoms with Crippen molar-refractivity contribution >= 4 is 11.6 Å². The summed E-state index contributed by atoms with van der Waals surface area (Å²) in [6.07, 6.45) is 1.03.